The van der Waals surface area contributed by atoms with Crippen LogP contribution in [0.1, 0.15) is 0 Å². The fourth-order valence-corrected chi connectivity index (χ4v) is 0.171. The zero-order valence-corrected chi connectivity index (χ0v) is 6.91. The summed E-state index contributed by atoms with van der Waals surface area (Å²) in [7, 11) is 0. The van der Waals surface area contributed by atoms with Gasteiger partial charge in [-0.15, -0.1) is 0 Å². The molecular formula is C6H12N4O3. The van der Waals surface area contributed by atoms with E-state index >= 15 is 0 Å². The molecule has 0 aromatic heterocycles. The lowest BCUT2D eigenvalue weighted by Crippen LogP contribution is -2.34. The highest BCUT2D eigenvalue weighted by molar-refractivity contribution is 5.85. The van der Waals surface area contributed by atoms with E-state index in [-0.39, 0.29) is 12.5 Å². The molecule has 0 unspecified atom stereocenters. The monoisotopic (exact) mass is 188 g/mol. The fourth-order valence-electron chi connectivity index (χ4n) is 0.171. The number of carbonyl (C=O) groups is 2. The van der Waals surface area contributed by atoms with Crippen LogP contribution in [-0.4, -0.2) is 29.5 Å². The molecule has 0 spiro atoms. The quantitative estimate of drug-likeness (QED) is 0.202. The number of nitrogens with two attached hydrogens (primary N) is 2. The molecule has 0 aliphatic carbocycles. The van der Waals surface area contributed by atoms with Crippen molar-refractivity contribution < 1.29 is 14.7 Å². The summed E-state index contributed by atoms with van der Waals surface area (Å²) in [5.74, 6) is -1.84. The molecule has 7 heteroatoms. The molecule has 1 amide bonds. The second-order valence-electron chi connectivity index (χ2n) is 1.77. The van der Waals surface area contributed by atoms with Gasteiger partial charge in [-0.1, -0.05) is 6.58 Å². The third-order valence-corrected chi connectivity index (χ3v) is 0.631. The number of hydrogen-bond donors (Lipinski definition) is 5. The second kappa shape index (κ2) is 8.05. The van der Waals surface area contributed by atoms with E-state index < -0.39 is 11.9 Å². The van der Waals surface area contributed by atoms with Crippen molar-refractivity contribution in [2.24, 2.45) is 11.5 Å². The lowest BCUT2D eigenvalue weighted by Gasteiger charge is -1.95. The van der Waals surface area contributed by atoms with Gasteiger partial charge in [-0.3, -0.25) is 15.0 Å². The Morgan fingerprint density at radius 2 is 1.92 bits per heavy atom. The molecule has 0 fully saturated rings. The topological polar surface area (TPSA) is 142 Å². The third-order valence-electron chi connectivity index (χ3n) is 0.631. The lowest BCUT2D eigenvalue weighted by molar-refractivity contribution is -0.135. The Morgan fingerprint density at radius 1 is 1.54 bits per heavy atom. The van der Waals surface area contributed by atoms with Crippen LogP contribution >= 0.6 is 0 Å². The Kier molecular flexibility index (Phi) is 8.38. The van der Waals surface area contributed by atoms with Gasteiger partial charge in [-0.25, -0.2) is 0 Å². The summed E-state index contributed by atoms with van der Waals surface area (Å²) in [4.78, 5) is 19.2. The van der Waals surface area contributed by atoms with Gasteiger partial charge < -0.3 is 21.9 Å². The van der Waals surface area contributed by atoms with Gasteiger partial charge in [-0.05, 0) is 6.08 Å². The summed E-state index contributed by atoms with van der Waals surface area (Å²) in [6.45, 7) is 2.79. The molecule has 7 nitrogen and oxygen atoms in total. The minimum Gasteiger partial charge on any atom is -0.480 e. The van der Waals surface area contributed by atoms with Gasteiger partial charge in [0.1, 0.15) is 6.54 Å². The molecule has 0 aromatic rings. The average molecular weight is 188 g/mol. The molecule has 0 atom stereocenters. The van der Waals surface area contributed by atoms with E-state index in [9.17, 15) is 9.59 Å². The highest BCUT2D eigenvalue weighted by atomic mass is 16.4. The van der Waals surface area contributed by atoms with E-state index in [0.717, 1.165) is 6.08 Å². The lowest BCUT2D eigenvalue weighted by atomic mass is 10.6. The first-order chi connectivity index (χ1) is 5.90. The predicted molar refractivity (Wildman–Crippen MR) is 46.9 cm³/mol. The van der Waals surface area contributed by atoms with E-state index in [1.54, 1.807) is 0 Å². The highest BCUT2D eigenvalue weighted by Crippen LogP contribution is 1.55. The SMILES string of the molecule is C=CC(N)=O.N=C(N)NCC(=O)O. The van der Waals surface area contributed by atoms with Crippen molar-refractivity contribution in [3.8, 4) is 0 Å². The van der Waals surface area contributed by atoms with Crippen molar-refractivity contribution in [3.05, 3.63) is 12.7 Å². The van der Waals surface area contributed by atoms with Gasteiger partial charge in [0.05, 0.1) is 0 Å². The Bertz CT molecular complexity index is 200. The molecule has 0 saturated carbocycles. The first kappa shape index (κ1) is 13.5. The van der Waals surface area contributed by atoms with Crippen LogP contribution in [0.5, 0.6) is 0 Å². The number of carboxylic acids is 1. The molecule has 13 heavy (non-hydrogen) atoms. The van der Waals surface area contributed by atoms with Crippen molar-refractivity contribution >= 4 is 17.8 Å². The number of nitrogens with one attached hydrogen (secondary N) is 2. The molecule has 0 bridgehead atoms. The van der Waals surface area contributed by atoms with Crippen LogP contribution in [0.2, 0.25) is 0 Å². The Morgan fingerprint density at radius 3 is 2.00 bits per heavy atom. The van der Waals surface area contributed by atoms with Crippen LogP contribution in [0.15, 0.2) is 12.7 Å². The molecule has 0 aromatic carbocycles. The summed E-state index contributed by atoms with van der Waals surface area (Å²) in [5, 5.41) is 16.5. The Balaban J connectivity index is 0. The van der Waals surface area contributed by atoms with Crippen LogP contribution in [0.25, 0.3) is 0 Å². The molecule has 7 N–H and O–H groups in total. The normalized spacial score (nSPS) is 7.38. The zero-order chi connectivity index (χ0) is 10.9. The predicted octanol–water partition coefficient (Wildman–Crippen LogP) is -1.79. The summed E-state index contributed by atoms with van der Waals surface area (Å²) < 4.78 is 0. The molecule has 74 valence electrons. The number of guanidine groups is 1. The highest BCUT2D eigenvalue weighted by Gasteiger charge is 1.92. The first-order valence-corrected chi connectivity index (χ1v) is 3.11. The van der Waals surface area contributed by atoms with E-state index in [1.165, 1.54) is 0 Å². The van der Waals surface area contributed by atoms with Crippen molar-refractivity contribution in [3.63, 3.8) is 0 Å². The minimum absolute atomic E-state index is 0.296. The van der Waals surface area contributed by atoms with Crippen LogP contribution in [0, 0.1) is 5.41 Å². The number of hydrogen-bond acceptors (Lipinski definition) is 3. The number of amides is 1. The smallest absolute Gasteiger partial charge is 0.322 e. The van der Waals surface area contributed by atoms with Crippen LogP contribution in [0.4, 0.5) is 0 Å². The maximum Gasteiger partial charge on any atom is 0.322 e. The summed E-state index contributed by atoms with van der Waals surface area (Å²) >= 11 is 0. The first-order valence-electron chi connectivity index (χ1n) is 3.11. The average Bonchev–Trinajstić information content (AvgIpc) is 2.02. The molecule has 0 rings (SSSR count). The van der Waals surface area contributed by atoms with E-state index in [1.807, 2.05) is 0 Å². The summed E-state index contributed by atoms with van der Waals surface area (Å²) in [5.41, 5.74) is 9.28. The fraction of sp³-hybridized carbons (Fsp3) is 0.167. The Hall–Kier alpha value is -2.05. The van der Waals surface area contributed by atoms with Crippen LogP contribution in [0.3, 0.4) is 0 Å². The third kappa shape index (κ3) is 25.7. The van der Waals surface area contributed by atoms with E-state index in [0.29, 0.717) is 0 Å². The van der Waals surface area contributed by atoms with Gasteiger partial charge in [-0.2, -0.15) is 0 Å². The Labute approximate surface area is 74.9 Å². The van der Waals surface area contributed by atoms with E-state index in [2.05, 4.69) is 17.6 Å². The van der Waals surface area contributed by atoms with Gasteiger partial charge in [0.25, 0.3) is 0 Å². The number of primary amides is 1. The number of carboxylic acid groups (broad SMARTS) is 1. The van der Waals surface area contributed by atoms with Crippen LogP contribution in [-0.2, 0) is 9.59 Å². The van der Waals surface area contributed by atoms with Gasteiger partial charge in [0, 0.05) is 0 Å². The number of rotatable bonds is 3. The maximum absolute atomic E-state index is 9.69. The van der Waals surface area contributed by atoms with Gasteiger partial charge in [0.15, 0.2) is 5.96 Å². The van der Waals surface area contributed by atoms with Crippen LogP contribution < -0.4 is 16.8 Å². The summed E-state index contributed by atoms with van der Waals surface area (Å²) in [6, 6.07) is 0. The zero-order valence-electron chi connectivity index (χ0n) is 6.91. The van der Waals surface area contributed by atoms with Crippen molar-refractivity contribution in [2.75, 3.05) is 6.54 Å². The minimum atomic E-state index is -1.03. The largest absolute Gasteiger partial charge is 0.480 e. The standard InChI is InChI=1S/C3H7N3O2.C3H5NO/c4-3(5)6-1-2(7)8;1-2-3(4)5/h1H2,(H,7,8)(H4,4,5,6);2H,1H2,(H2,4,5). The summed E-state index contributed by atoms with van der Waals surface area (Å²) in [6.07, 6.45) is 1.06. The maximum atomic E-state index is 9.69. The van der Waals surface area contributed by atoms with Crippen molar-refractivity contribution in [2.45, 2.75) is 0 Å². The molecule has 0 heterocycles. The molecule has 0 aliphatic rings. The molecule has 0 saturated heterocycles. The molecular weight excluding hydrogens is 176 g/mol. The van der Waals surface area contributed by atoms with Gasteiger partial charge in [0.2, 0.25) is 5.91 Å². The number of carbonyl (C=O) groups excluding carboxylic acids is 1. The van der Waals surface area contributed by atoms with Gasteiger partial charge >= 0.3 is 5.97 Å². The molecule has 0 radical (unpaired) electrons. The van der Waals surface area contributed by atoms with Crippen molar-refractivity contribution in [1.82, 2.24) is 5.32 Å². The van der Waals surface area contributed by atoms with E-state index in [4.69, 9.17) is 16.2 Å². The molecule has 0 aliphatic heterocycles. The number of aliphatic carboxylic acids is 1. The second-order valence-corrected chi connectivity index (χ2v) is 1.77. The van der Waals surface area contributed by atoms with Crippen molar-refractivity contribution in [1.29, 1.82) is 5.41 Å².